The molecule has 2 heterocycles. The van der Waals surface area contributed by atoms with Gasteiger partial charge < -0.3 is 9.88 Å². The Morgan fingerprint density at radius 3 is 2.50 bits per heavy atom. The number of hydrogen-bond acceptors (Lipinski definition) is 0. The number of aromatic nitrogens is 1. The van der Waals surface area contributed by atoms with Crippen LogP contribution in [-0.4, -0.2) is 4.57 Å². The summed E-state index contributed by atoms with van der Waals surface area (Å²) >= 11 is 0. The van der Waals surface area contributed by atoms with E-state index in [4.69, 9.17) is 0 Å². The van der Waals surface area contributed by atoms with Gasteiger partial charge in [0.1, 0.15) is 6.54 Å². The Hall–Kier alpha value is -2.53. The molecule has 0 unspecified atom stereocenters. The van der Waals surface area contributed by atoms with Crippen LogP contribution in [0.15, 0.2) is 66.9 Å². The first-order valence-corrected chi connectivity index (χ1v) is 7.80. The summed E-state index contributed by atoms with van der Waals surface area (Å²) in [5.74, 6) is 0. The smallest absolute Gasteiger partial charge is 0.331 e. The Morgan fingerprint density at radius 1 is 0.917 bits per heavy atom. The standard InChI is InChI=1S/C19H15F3N2/c20-19(21,22)15-8-3-2-7-14(15)18-17-10-5-11-24(17)16-9-4-1-6-13(16)12-23-18/h1-11,18,23H,12H2/p+1/t18-/m1/s1. The lowest BCUT2D eigenvalue weighted by Crippen LogP contribution is -2.83. The Bertz CT molecular complexity index is 880. The second-order valence-electron chi connectivity index (χ2n) is 5.93. The highest BCUT2D eigenvalue weighted by Gasteiger charge is 2.37. The number of alkyl halides is 3. The quantitative estimate of drug-likeness (QED) is 0.704. The van der Waals surface area contributed by atoms with E-state index in [0.29, 0.717) is 12.1 Å². The molecule has 4 rings (SSSR count). The molecule has 0 aliphatic carbocycles. The molecule has 1 aliphatic rings. The topological polar surface area (TPSA) is 21.5 Å². The predicted molar refractivity (Wildman–Crippen MR) is 84.7 cm³/mol. The summed E-state index contributed by atoms with van der Waals surface area (Å²) in [5, 5.41) is 1.97. The number of hydrogen-bond donors (Lipinski definition) is 1. The van der Waals surface area contributed by atoms with Crippen molar-refractivity contribution in [3.63, 3.8) is 0 Å². The molecular weight excluding hydrogens is 313 g/mol. The van der Waals surface area contributed by atoms with Crippen molar-refractivity contribution in [2.24, 2.45) is 0 Å². The van der Waals surface area contributed by atoms with Crippen molar-refractivity contribution in [1.29, 1.82) is 0 Å². The van der Waals surface area contributed by atoms with Gasteiger partial charge in [-0.15, -0.1) is 0 Å². The van der Waals surface area contributed by atoms with Gasteiger partial charge in [0.25, 0.3) is 0 Å². The van der Waals surface area contributed by atoms with E-state index in [1.807, 2.05) is 52.5 Å². The molecule has 0 spiro atoms. The third-order valence-electron chi connectivity index (χ3n) is 4.52. The molecule has 1 aromatic heterocycles. The summed E-state index contributed by atoms with van der Waals surface area (Å²) in [6.07, 6.45) is -2.45. The molecule has 1 atom stereocenters. The first-order chi connectivity index (χ1) is 11.6. The molecule has 24 heavy (non-hydrogen) atoms. The maximum atomic E-state index is 13.4. The molecule has 5 heteroatoms. The molecule has 1 aliphatic heterocycles. The summed E-state index contributed by atoms with van der Waals surface area (Å²) in [7, 11) is 0. The summed E-state index contributed by atoms with van der Waals surface area (Å²) in [6, 6.07) is 17.2. The van der Waals surface area contributed by atoms with Crippen LogP contribution in [0.2, 0.25) is 0 Å². The molecule has 2 aromatic carbocycles. The zero-order chi connectivity index (χ0) is 16.7. The fourth-order valence-corrected chi connectivity index (χ4v) is 3.46. The second-order valence-corrected chi connectivity index (χ2v) is 5.93. The van der Waals surface area contributed by atoms with E-state index in [-0.39, 0.29) is 0 Å². The first kappa shape index (κ1) is 15.0. The van der Waals surface area contributed by atoms with Crippen LogP contribution in [0.3, 0.4) is 0 Å². The lowest BCUT2D eigenvalue weighted by atomic mass is 9.97. The van der Waals surface area contributed by atoms with Crippen LogP contribution in [0.25, 0.3) is 5.69 Å². The average molecular weight is 329 g/mol. The van der Waals surface area contributed by atoms with Crippen LogP contribution in [0.1, 0.15) is 28.4 Å². The van der Waals surface area contributed by atoms with Crippen molar-refractivity contribution in [3.05, 3.63) is 89.2 Å². The Balaban J connectivity index is 1.89. The summed E-state index contributed by atoms with van der Waals surface area (Å²) < 4.78 is 42.3. The SMILES string of the molecule is FC(F)(F)c1ccccc1[C@H]1[NH2+]Cc2ccccc2-n2cccc21. The minimum absolute atomic E-state index is 0.303. The third kappa shape index (κ3) is 2.41. The Morgan fingerprint density at radius 2 is 1.67 bits per heavy atom. The van der Waals surface area contributed by atoms with Gasteiger partial charge >= 0.3 is 6.18 Å². The highest BCUT2D eigenvalue weighted by atomic mass is 19.4. The normalized spacial score (nSPS) is 17.0. The summed E-state index contributed by atoms with van der Waals surface area (Å²) in [5.41, 5.74) is 2.74. The van der Waals surface area contributed by atoms with Gasteiger partial charge in [-0.2, -0.15) is 13.2 Å². The summed E-state index contributed by atoms with van der Waals surface area (Å²) in [6.45, 7) is 0.634. The van der Waals surface area contributed by atoms with Gasteiger partial charge in [0.05, 0.1) is 16.9 Å². The van der Waals surface area contributed by atoms with Gasteiger partial charge in [-0.1, -0.05) is 36.4 Å². The third-order valence-corrected chi connectivity index (χ3v) is 4.52. The number of nitrogens with two attached hydrogens (primary N) is 1. The first-order valence-electron chi connectivity index (χ1n) is 7.80. The van der Waals surface area contributed by atoms with Gasteiger partial charge in [0.15, 0.2) is 6.04 Å². The molecule has 0 bridgehead atoms. The van der Waals surface area contributed by atoms with E-state index < -0.39 is 17.8 Å². The number of rotatable bonds is 1. The largest absolute Gasteiger partial charge is 0.416 e. The van der Waals surface area contributed by atoms with Crippen LogP contribution in [0.5, 0.6) is 0 Å². The zero-order valence-electron chi connectivity index (χ0n) is 12.8. The predicted octanol–water partition coefficient (Wildman–Crippen LogP) is 3.66. The van der Waals surface area contributed by atoms with Crippen molar-refractivity contribution < 1.29 is 18.5 Å². The molecule has 0 radical (unpaired) electrons. The number of nitrogens with zero attached hydrogens (tertiary/aromatic N) is 1. The van der Waals surface area contributed by atoms with Gasteiger partial charge in [-0.05, 0) is 24.3 Å². The van der Waals surface area contributed by atoms with Gasteiger partial charge in [0, 0.05) is 17.3 Å². The van der Waals surface area contributed by atoms with Gasteiger partial charge in [-0.3, -0.25) is 0 Å². The molecule has 3 aromatic rings. The molecule has 0 saturated heterocycles. The molecule has 0 amide bonds. The maximum absolute atomic E-state index is 13.4. The second kappa shape index (κ2) is 5.53. The summed E-state index contributed by atoms with van der Waals surface area (Å²) in [4.78, 5) is 0. The fourth-order valence-electron chi connectivity index (χ4n) is 3.46. The number of halogens is 3. The maximum Gasteiger partial charge on any atom is 0.416 e. The number of fused-ring (bicyclic) bond motifs is 3. The van der Waals surface area contributed by atoms with Crippen molar-refractivity contribution in [3.8, 4) is 5.69 Å². The van der Waals surface area contributed by atoms with E-state index in [1.54, 1.807) is 12.1 Å². The molecular formula is C19H16F3N2+. The molecule has 2 N–H and O–H groups in total. The lowest BCUT2D eigenvalue weighted by molar-refractivity contribution is -0.702. The van der Waals surface area contributed by atoms with E-state index in [1.165, 1.54) is 6.07 Å². The monoisotopic (exact) mass is 329 g/mol. The van der Waals surface area contributed by atoms with E-state index in [9.17, 15) is 13.2 Å². The number of benzene rings is 2. The number of para-hydroxylation sites is 1. The zero-order valence-corrected chi connectivity index (χ0v) is 12.8. The van der Waals surface area contributed by atoms with Gasteiger partial charge in [-0.25, -0.2) is 0 Å². The van der Waals surface area contributed by atoms with Crippen molar-refractivity contribution in [2.75, 3.05) is 0 Å². The van der Waals surface area contributed by atoms with Gasteiger partial charge in [0.2, 0.25) is 0 Å². The Labute approximate surface area is 137 Å². The van der Waals surface area contributed by atoms with Crippen LogP contribution >= 0.6 is 0 Å². The molecule has 122 valence electrons. The highest BCUT2D eigenvalue weighted by molar-refractivity contribution is 5.46. The van der Waals surface area contributed by atoms with E-state index in [2.05, 4.69) is 0 Å². The van der Waals surface area contributed by atoms with Crippen LogP contribution in [-0.2, 0) is 12.7 Å². The van der Waals surface area contributed by atoms with Crippen LogP contribution in [0.4, 0.5) is 13.2 Å². The lowest BCUT2D eigenvalue weighted by Gasteiger charge is -2.19. The molecule has 0 saturated carbocycles. The number of quaternary nitrogens is 1. The van der Waals surface area contributed by atoms with Crippen molar-refractivity contribution in [1.82, 2.24) is 4.57 Å². The minimum Gasteiger partial charge on any atom is -0.331 e. The van der Waals surface area contributed by atoms with Crippen molar-refractivity contribution >= 4 is 0 Å². The van der Waals surface area contributed by atoms with E-state index >= 15 is 0 Å². The minimum atomic E-state index is -4.36. The molecule has 2 nitrogen and oxygen atoms in total. The van der Waals surface area contributed by atoms with Crippen LogP contribution < -0.4 is 5.32 Å². The van der Waals surface area contributed by atoms with E-state index in [0.717, 1.165) is 23.0 Å². The van der Waals surface area contributed by atoms with Crippen molar-refractivity contribution in [2.45, 2.75) is 18.8 Å². The fraction of sp³-hybridized carbons (Fsp3) is 0.158. The average Bonchev–Trinajstić information content (AvgIpc) is 2.99. The highest BCUT2D eigenvalue weighted by Crippen LogP contribution is 2.36. The molecule has 0 fully saturated rings. The van der Waals surface area contributed by atoms with Crippen LogP contribution in [0, 0.1) is 0 Å². The Kier molecular flexibility index (Phi) is 3.46.